The minimum Gasteiger partial charge on any atom is -0.379 e. The van der Waals surface area contributed by atoms with E-state index in [0.29, 0.717) is 11.9 Å². The number of nitrogens with one attached hydrogen (secondary N) is 3. The van der Waals surface area contributed by atoms with Crippen molar-refractivity contribution in [1.82, 2.24) is 15.1 Å². The molecule has 0 radical (unpaired) electrons. The molecule has 0 saturated carbocycles. The lowest BCUT2D eigenvalue weighted by atomic mass is 10.1. The quantitative estimate of drug-likeness (QED) is 0.805. The molecular weight excluding hydrogens is 306 g/mol. The molecule has 7 heteroatoms. The van der Waals surface area contributed by atoms with E-state index in [4.69, 9.17) is 4.74 Å². The second kappa shape index (κ2) is 7.46. The summed E-state index contributed by atoms with van der Waals surface area (Å²) in [6.07, 6.45) is 0. The molecule has 1 atom stereocenters. The van der Waals surface area contributed by atoms with Gasteiger partial charge in [0.1, 0.15) is 0 Å². The summed E-state index contributed by atoms with van der Waals surface area (Å²) in [5.74, 6) is 0.502. The number of benzene rings is 1. The van der Waals surface area contributed by atoms with E-state index in [2.05, 4.69) is 44.8 Å². The first-order valence-electron chi connectivity index (χ1n) is 8.13. The van der Waals surface area contributed by atoms with Crippen molar-refractivity contribution in [3.63, 3.8) is 0 Å². The predicted molar refractivity (Wildman–Crippen MR) is 93.2 cm³/mol. The molecule has 0 spiro atoms. The van der Waals surface area contributed by atoms with Crippen LogP contribution in [0.5, 0.6) is 0 Å². The highest BCUT2D eigenvalue weighted by Crippen LogP contribution is 2.22. The zero-order valence-electron chi connectivity index (χ0n) is 14.0. The standard InChI is InChI=1S/C17H23N5O2/c1-12-11-16(21-20-12)19-17(23)18-15-5-3-14(4-6-15)13(2)22-7-9-24-10-8-22/h3-6,11,13H,7-10H2,1-2H3,(H3,18,19,20,21,23). The van der Waals surface area contributed by atoms with Gasteiger partial charge in [-0.15, -0.1) is 0 Å². The predicted octanol–water partition coefficient (Wildman–Crippen LogP) is 2.76. The van der Waals surface area contributed by atoms with Gasteiger partial charge in [-0.25, -0.2) is 4.79 Å². The third-order valence-electron chi connectivity index (χ3n) is 4.19. The van der Waals surface area contributed by atoms with Crippen molar-refractivity contribution in [2.45, 2.75) is 19.9 Å². The Balaban J connectivity index is 1.56. The first-order chi connectivity index (χ1) is 11.6. The monoisotopic (exact) mass is 329 g/mol. The fraction of sp³-hybridized carbons (Fsp3) is 0.412. The van der Waals surface area contributed by atoms with Crippen LogP contribution < -0.4 is 10.6 Å². The van der Waals surface area contributed by atoms with E-state index in [0.717, 1.165) is 37.7 Å². The number of ether oxygens (including phenoxy) is 1. The van der Waals surface area contributed by atoms with Gasteiger partial charge in [0.25, 0.3) is 0 Å². The maximum absolute atomic E-state index is 12.0. The maximum atomic E-state index is 12.0. The van der Waals surface area contributed by atoms with Gasteiger partial charge < -0.3 is 10.1 Å². The molecule has 1 aromatic carbocycles. The second-order valence-electron chi connectivity index (χ2n) is 5.96. The summed E-state index contributed by atoms with van der Waals surface area (Å²) in [5.41, 5.74) is 2.87. The van der Waals surface area contributed by atoms with Crippen LogP contribution >= 0.6 is 0 Å². The van der Waals surface area contributed by atoms with Crippen LogP contribution in [0.15, 0.2) is 30.3 Å². The third-order valence-corrected chi connectivity index (χ3v) is 4.19. The average molecular weight is 329 g/mol. The number of carbonyl (C=O) groups excluding carboxylic acids is 1. The van der Waals surface area contributed by atoms with Crippen LogP contribution in [0.4, 0.5) is 16.3 Å². The van der Waals surface area contributed by atoms with Gasteiger partial charge in [-0.05, 0) is 31.5 Å². The van der Waals surface area contributed by atoms with E-state index in [9.17, 15) is 4.79 Å². The fourth-order valence-corrected chi connectivity index (χ4v) is 2.78. The Morgan fingerprint density at radius 3 is 2.58 bits per heavy atom. The topological polar surface area (TPSA) is 82.3 Å². The normalized spacial score (nSPS) is 16.6. The first-order valence-corrected chi connectivity index (χ1v) is 8.13. The molecule has 1 aliphatic rings. The lowest BCUT2D eigenvalue weighted by molar-refractivity contribution is 0.0198. The molecule has 7 nitrogen and oxygen atoms in total. The van der Waals surface area contributed by atoms with Crippen LogP contribution in [0.3, 0.4) is 0 Å². The molecule has 128 valence electrons. The number of hydrogen-bond acceptors (Lipinski definition) is 4. The number of aromatic amines is 1. The summed E-state index contributed by atoms with van der Waals surface area (Å²) < 4.78 is 5.40. The SMILES string of the molecule is Cc1cc(NC(=O)Nc2ccc(C(C)N3CCOCC3)cc2)n[nH]1. The number of hydrogen-bond donors (Lipinski definition) is 3. The van der Waals surface area contributed by atoms with Gasteiger partial charge in [0.05, 0.1) is 13.2 Å². The second-order valence-corrected chi connectivity index (χ2v) is 5.96. The number of urea groups is 1. The molecule has 0 bridgehead atoms. The van der Waals surface area contributed by atoms with E-state index in [1.54, 1.807) is 6.07 Å². The Morgan fingerprint density at radius 1 is 1.25 bits per heavy atom. The molecule has 0 aliphatic carbocycles. The maximum Gasteiger partial charge on any atom is 0.324 e. The molecule has 1 saturated heterocycles. The summed E-state index contributed by atoms with van der Waals surface area (Å²) in [5, 5.41) is 12.3. The molecule has 24 heavy (non-hydrogen) atoms. The van der Waals surface area contributed by atoms with Crippen molar-refractivity contribution in [1.29, 1.82) is 0 Å². The molecular formula is C17H23N5O2. The van der Waals surface area contributed by atoms with Crippen LogP contribution in [0.1, 0.15) is 24.2 Å². The highest BCUT2D eigenvalue weighted by Gasteiger charge is 2.18. The smallest absolute Gasteiger partial charge is 0.324 e. The first kappa shape index (κ1) is 16.5. The van der Waals surface area contributed by atoms with E-state index in [-0.39, 0.29) is 6.03 Å². The van der Waals surface area contributed by atoms with Crippen molar-refractivity contribution in [3.05, 3.63) is 41.6 Å². The zero-order chi connectivity index (χ0) is 16.9. The van der Waals surface area contributed by atoms with Crippen molar-refractivity contribution in [2.75, 3.05) is 36.9 Å². The number of rotatable bonds is 4. The Bertz CT molecular complexity index is 677. The molecule has 3 rings (SSSR count). The fourth-order valence-electron chi connectivity index (χ4n) is 2.78. The molecule has 1 fully saturated rings. The largest absolute Gasteiger partial charge is 0.379 e. The van der Waals surface area contributed by atoms with Crippen molar-refractivity contribution in [2.24, 2.45) is 0 Å². The van der Waals surface area contributed by atoms with Gasteiger partial charge in [-0.1, -0.05) is 12.1 Å². The number of aryl methyl sites for hydroxylation is 1. The van der Waals surface area contributed by atoms with E-state index in [1.807, 2.05) is 19.1 Å². The Hall–Kier alpha value is -2.38. The molecule has 2 heterocycles. The van der Waals surface area contributed by atoms with E-state index < -0.39 is 0 Å². The summed E-state index contributed by atoms with van der Waals surface area (Å²) in [4.78, 5) is 14.4. The Morgan fingerprint density at radius 2 is 1.96 bits per heavy atom. The minimum absolute atomic E-state index is 0.310. The third kappa shape index (κ3) is 4.12. The van der Waals surface area contributed by atoms with E-state index >= 15 is 0 Å². The number of carbonyl (C=O) groups is 1. The summed E-state index contributed by atoms with van der Waals surface area (Å²) in [6, 6.07) is 9.73. The van der Waals surface area contributed by atoms with Gasteiger partial charge >= 0.3 is 6.03 Å². The van der Waals surface area contributed by atoms with Crippen molar-refractivity contribution in [3.8, 4) is 0 Å². The number of amides is 2. The number of morpholine rings is 1. The Kier molecular flexibility index (Phi) is 5.12. The van der Waals surface area contributed by atoms with Crippen LogP contribution in [0.2, 0.25) is 0 Å². The highest BCUT2D eigenvalue weighted by molar-refractivity contribution is 5.99. The molecule has 3 N–H and O–H groups in total. The van der Waals surface area contributed by atoms with Crippen LogP contribution in [-0.4, -0.2) is 47.4 Å². The van der Waals surface area contributed by atoms with Gasteiger partial charge in [-0.3, -0.25) is 15.3 Å². The van der Waals surface area contributed by atoms with Crippen LogP contribution in [-0.2, 0) is 4.74 Å². The van der Waals surface area contributed by atoms with Crippen molar-refractivity contribution < 1.29 is 9.53 Å². The summed E-state index contributed by atoms with van der Waals surface area (Å²) in [6.45, 7) is 7.55. The number of H-pyrrole nitrogens is 1. The van der Waals surface area contributed by atoms with Gasteiger partial charge in [-0.2, -0.15) is 5.10 Å². The lowest BCUT2D eigenvalue weighted by Gasteiger charge is -2.32. The minimum atomic E-state index is -0.310. The lowest BCUT2D eigenvalue weighted by Crippen LogP contribution is -2.38. The molecule has 2 amide bonds. The van der Waals surface area contributed by atoms with E-state index in [1.165, 1.54) is 5.56 Å². The number of anilines is 2. The zero-order valence-corrected chi connectivity index (χ0v) is 14.0. The molecule has 1 aromatic heterocycles. The number of nitrogens with zero attached hydrogens (tertiary/aromatic N) is 2. The molecule has 1 aliphatic heterocycles. The van der Waals surface area contributed by atoms with Gasteiger partial charge in [0.15, 0.2) is 5.82 Å². The van der Waals surface area contributed by atoms with Crippen LogP contribution in [0.25, 0.3) is 0 Å². The molecule has 2 aromatic rings. The number of aromatic nitrogens is 2. The van der Waals surface area contributed by atoms with Gasteiger partial charge in [0.2, 0.25) is 0 Å². The molecule has 1 unspecified atom stereocenters. The van der Waals surface area contributed by atoms with Crippen molar-refractivity contribution >= 4 is 17.5 Å². The summed E-state index contributed by atoms with van der Waals surface area (Å²) in [7, 11) is 0. The summed E-state index contributed by atoms with van der Waals surface area (Å²) >= 11 is 0. The average Bonchev–Trinajstić information content (AvgIpc) is 3.00. The van der Waals surface area contributed by atoms with Gasteiger partial charge in [0, 0.05) is 36.6 Å². The van der Waals surface area contributed by atoms with Crippen LogP contribution in [0, 0.1) is 6.92 Å². The Labute approximate surface area is 141 Å². The highest BCUT2D eigenvalue weighted by atomic mass is 16.5.